The van der Waals surface area contributed by atoms with Crippen LogP contribution in [0.15, 0.2) is 48.5 Å². The molecule has 6 heteroatoms. The van der Waals surface area contributed by atoms with E-state index in [4.69, 9.17) is 10.5 Å². The second-order valence-electron chi connectivity index (χ2n) is 4.58. The molecule has 0 aliphatic heterocycles. The van der Waals surface area contributed by atoms with Gasteiger partial charge >= 0.3 is 0 Å². The molecule has 2 aromatic carbocycles. The van der Waals surface area contributed by atoms with Gasteiger partial charge in [-0.05, 0) is 36.4 Å². The Morgan fingerprint density at radius 2 is 1.86 bits per heavy atom. The van der Waals surface area contributed by atoms with Gasteiger partial charge in [-0.2, -0.15) is 0 Å². The molecule has 2 rings (SSSR count). The number of amides is 2. The lowest BCUT2D eigenvalue weighted by molar-refractivity contribution is -0.115. The van der Waals surface area contributed by atoms with Gasteiger partial charge in [0.05, 0.1) is 13.7 Å². The summed E-state index contributed by atoms with van der Waals surface area (Å²) in [5.41, 5.74) is 7.18. The molecule has 2 aromatic rings. The number of hydrogen-bond acceptors (Lipinski definition) is 4. The van der Waals surface area contributed by atoms with Gasteiger partial charge < -0.3 is 21.1 Å². The van der Waals surface area contributed by atoms with Gasteiger partial charge in [0.25, 0.3) is 5.91 Å². The highest BCUT2D eigenvalue weighted by atomic mass is 16.5. The Bertz CT molecular complexity index is 669. The molecule has 0 aromatic heterocycles. The van der Waals surface area contributed by atoms with Crippen LogP contribution in [0.3, 0.4) is 0 Å². The largest absolute Gasteiger partial charge is 0.497 e. The number of benzene rings is 2. The predicted octanol–water partition coefficient (Wildman–Crippen LogP) is 1.65. The van der Waals surface area contributed by atoms with Crippen molar-refractivity contribution in [2.24, 2.45) is 0 Å². The van der Waals surface area contributed by atoms with E-state index in [-0.39, 0.29) is 18.4 Å². The Kier molecular flexibility index (Phi) is 4.98. The molecule has 0 saturated carbocycles. The molecule has 0 atom stereocenters. The number of anilines is 2. The Hall–Kier alpha value is -3.02. The second kappa shape index (κ2) is 7.12. The third-order valence-electron chi connectivity index (χ3n) is 2.94. The van der Waals surface area contributed by atoms with Gasteiger partial charge in [0.15, 0.2) is 0 Å². The molecule has 0 heterocycles. The summed E-state index contributed by atoms with van der Waals surface area (Å²) in [6.07, 6.45) is 0. The normalized spacial score (nSPS) is 9.86. The minimum Gasteiger partial charge on any atom is -0.497 e. The number of nitrogen functional groups attached to an aromatic ring is 1. The fourth-order valence-corrected chi connectivity index (χ4v) is 1.80. The summed E-state index contributed by atoms with van der Waals surface area (Å²) in [7, 11) is 1.55. The highest BCUT2D eigenvalue weighted by Crippen LogP contribution is 2.16. The molecule has 0 radical (unpaired) electrons. The molecule has 4 N–H and O–H groups in total. The molecule has 6 nitrogen and oxygen atoms in total. The van der Waals surface area contributed by atoms with Crippen molar-refractivity contribution in [3.05, 3.63) is 54.1 Å². The number of nitrogens with one attached hydrogen (secondary N) is 2. The van der Waals surface area contributed by atoms with Crippen molar-refractivity contribution in [1.29, 1.82) is 0 Å². The van der Waals surface area contributed by atoms with Crippen molar-refractivity contribution in [1.82, 2.24) is 5.32 Å². The second-order valence-corrected chi connectivity index (χ2v) is 4.58. The van der Waals surface area contributed by atoms with E-state index in [9.17, 15) is 9.59 Å². The average molecular weight is 299 g/mol. The number of nitrogens with two attached hydrogens (primary N) is 1. The molecule has 2 amide bonds. The fourth-order valence-electron chi connectivity index (χ4n) is 1.80. The van der Waals surface area contributed by atoms with Crippen LogP contribution in [0, 0.1) is 0 Å². The van der Waals surface area contributed by atoms with Crippen LogP contribution in [0.2, 0.25) is 0 Å². The molecule has 114 valence electrons. The van der Waals surface area contributed by atoms with Crippen LogP contribution >= 0.6 is 0 Å². The van der Waals surface area contributed by atoms with Gasteiger partial charge in [-0.25, -0.2) is 0 Å². The molecule has 0 fully saturated rings. The molecule has 0 bridgehead atoms. The Labute approximate surface area is 128 Å². The molecule has 0 aliphatic carbocycles. The lowest BCUT2D eigenvalue weighted by Crippen LogP contribution is -2.32. The predicted molar refractivity (Wildman–Crippen MR) is 84.8 cm³/mol. The van der Waals surface area contributed by atoms with Gasteiger partial charge in [-0.3, -0.25) is 9.59 Å². The first kappa shape index (κ1) is 15.4. The van der Waals surface area contributed by atoms with E-state index in [2.05, 4.69) is 10.6 Å². The monoisotopic (exact) mass is 299 g/mol. The molecule has 0 aliphatic rings. The quantitative estimate of drug-likeness (QED) is 0.732. The standard InChI is InChI=1S/C16H17N3O3/c1-22-14-4-2-3-13(9-14)19-15(20)10-18-16(21)11-5-7-12(17)8-6-11/h2-9H,10,17H2,1H3,(H,18,21)(H,19,20). The Balaban J connectivity index is 1.87. The summed E-state index contributed by atoms with van der Waals surface area (Å²) in [4.78, 5) is 23.7. The average Bonchev–Trinajstić information content (AvgIpc) is 2.53. The molecule has 0 saturated heterocycles. The topological polar surface area (TPSA) is 93.5 Å². The zero-order valence-electron chi connectivity index (χ0n) is 12.1. The number of methoxy groups -OCH3 is 1. The summed E-state index contributed by atoms with van der Waals surface area (Å²) in [6, 6.07) is 13.4. The molecule has 0 unspecified atom stereocenters. The van der Waals surface area contributed by atoms with Crippen LogP contribution in [-0.4, -0.2) is 25.5 Å². The van der Waals surface area contributed by atoms with Gasteiger partial charge in [0.2, 0.25) is 5.91 Å². The van der Waals surface area contributed by atoms with Crippen molar-refractivity contribution in [3.63, 3.8) is 0 Å². The van der Waals surface area contributed by atoms with Crippen LogP contribution < -0.4 is 21.1 Å². The van der Waals surface area contributed by atoms with Gasteiger partial charge in [0, 0.05) is 23.0 Å². The van der Waals surface area contributed by atoms with E-state index in [0.29, 0.717) is 22.7 Å². The van der Waals surface area contributed by atoms with Crippen molar-refractivity contribution in [3.8, 4) is 5.75 Å². The summed E-state index contributed by atoms with van der Waals surface area (Å²) >= 11 is 0. The Morgan fingerprint density at radius 1 is 1.14 bits per heavy atom. The lowest BCUT2D eigenvalue weighted by atomic mass is 10.2. The fraction of sp³-hybridized carbons (Fsp3) is 0.125. The van der Waals surface area contributed by atoms with E-state index in [1.54, 1.807) is 55.6 Å². The zero-order valence-corrected chi connectivity index (χ0v) is 12.1. The molecular formula is C16H17N3O3. The van der Waals surface area contributed by atoms with E-state index in [0.717, 1.165) is 0 Å². The summed E-state index contributed by atoms with van der Waals surface area (Å²) < 4.78 is 5.07. The first-order chi connectivity index (χ1) is 10.6. The highest BCUT2D eigenvalue weighted by molar-refractivity contribution is 5.99. The van der Waals surface area contributed by atoms with E-state index >= 15 is 0 Å². The van der Waals surface area contributed by atoms with Crippen molar-refractivity contribution in [2.75, 3.05) is 24.7 Å². The third kappa shape index (κ3) is 4.24. The van der Waals surface area contributed by atoms with Crippen LogP contribution in [0.4, 0.5) is 11.4 Å². The third-order valence-corrected chi connectivity index (χ3v) is 2.94. The maximum absolute atomic E-state index is 11.9. The number of hydrogen-bond donors (Lipinski definition) is 3. The van der Waals surface area contributed by atoms with E-state index in [1.165, 1.54) is 0 Å². The van der Waals surface area contributed by atoms with Gasteiger partial charge in [-0.1, -0.05) is 6.07 Å². The molecule has 0 spiro atoms. The molecular weight excluding hydrogens is 282 g/mol. The maximum atomic E-state index is 11.9. The minimum atomic E-state index is -0.333. The van der Waals surface area contributed by atoms with Crippen molar-refractivity contribution < 1.29 is 14.3 Å². The number of carbonyl (C=O) groups is 2. The molecule has 22 heavy (non-hydrogen) atoms. The van der Waals surface area contributed by atoms with E-state index in [1.807, 2.05) is 0 Å². The van der Waals surface area contributed by atoms with Crippen molar-refractivity contribution in [2.45, 2.75) is 0 Å². The van der Waals surface area contributed by atoms with Gasteiger partial charge in [-0.15, -0.1) is 0 Å². The maximum Gasteiger partial charge on any atom is 0.251 e. The number of carbonyl (C=O) groups excluding carboxylic acids is 2. The summed E-state index contributed by atoms with van der Waals surface area (Å²) in [5, 5.41) is 5.22. The van der Waals surface area contributed by atoms with Crippen LogP contribution in [0.25, 0.3) is 0 Å². The Morgan fingerprint density at radius 3 is 2.55 bits per heavy atom. The minimum absolute atomic E-state index is 0.125. The highest BCUT2D eigenvalue weighted by Gasteiger charge is 2.08. The number of rotatable bonds is 5. The van der Waals surface area contributed by atoms with Crippen LogP contribution in [0.5, 0.6) is 5.75 Å². The van der Waals surface area contributed by atoms with Gasteiger partial charge in [0.1, 0.15) is 5.75 Å². The lowest BCUT2D eigenvalue weighted by Gasteiger charge is -2.08. The van der Waals surface area contributed by atoms with Crippen molar-refractivity contribution >= 4 is 23.2 Å². The zero-order chi connectivity index (χ0) is 15.9. The van der Waals surface area contributed by atoms with E-state index < -0.39 is 0 Å². The summed E-state index contributed by atoms with van der Waals surface area (Å²) in [5.74, 6) is -0.0125. The summed E-state index contributed by atoms with van der Waals surface area (Å²) in [6.45, 7) is -0.125. The SMILES string of the molecule is COc1cccc(NC(=O)CNC(=O)c2ccc(N)cc2)c1. The number of ether oxygens (including phenoxy) is 1. The van der Waals surface area contributed by atoms with Crippen LogP contribution in [0.1, 0.15) is 10.4 Å². The smallest absolute Gasteiger partial charge is 0.251 e. The first-order valence-corrected chi connectivity index (χ1v) is 6.66. The van der Waals surface area contributed by atoms with Crippen LogP contribution in [-0.2, 0) is 4.79 Å². The first-order valence-electron chi connectivity index (χ1n) is 6.66.